The van der Waals surface area contributed by atoms with Crippen LogP contribution in [0.3, 0.4) is 0 Å². The number of hydrogen-bond donors (Lipinski definition) is 0. The van der Waals surface area contributed by atoms with E-state index in [0.717, 1.165) is 4.90 Å². The number of carbonyl (C=O) groups excluding carboxylic acids is 3. The largest absolute Gasteiger partial charge is 0.427 e. The Bertz CT molecular complexity index is 992. The van der Waals surface area contributed by atoms with Gasteiger partial charge in [0.25, 0.3) is 5.91 Å². The molecule has 2 aliphatic rings. The number of carbonyl (C=O) groups is 3. The summed E-state index contributed by atoms with van der Waals surface area (Å²) in [5.74, 6) is -1.83. The molecule has 0 saturated carbocycles. The van der Waals surface area contributed by atoms with Gasteiger partial charge in [-0.2, -0.15) is 5.10 Å². The lowest BCUT2D eigenvalue weighted by atomic mass is 9.94. The van der Waals surface area contributed by atoms with Crippen molar-refractivity contribution in [2.24, 2.45) is 18.1 Å². The minimum atomic E-state index is -0.986. The van der Waals surface area contributed by atoms with Crippen molar-refractivity contribution in [3.05, 3.63) is 41.7 Å². The molecule has 4 rings (SSSR count). The molecule has 1 aromatic heterocycles. The average Bonchev–Trinajstić information content (AvgIpc) is 3.24. The number of rotatable bonds is 3. The van der Waals surface area contributed by atoms with Gasteiger partial charge in [-0.15, -0.1) is 0 Å². The number of fused-ring (bicyclic) bond motifs is 1. The number of imide groups is 1. The monoisotopic (exact) mass is 368 g/mol. The molecule has 3 heterocycles. The fourth-order valence-electron chi connectivity index (χ4n) is 3.34. The van der Waals surface area contributed by atoms with Crippen LogP contribution in [0.15, 0.2) is 35.6 Å². The predicted octanol–water partition coefficient (Wildman–Crippen LogP) is 0.946. The highest BCUT2D eigenvalue weighted by molar-refractivity contribution is 6.32. The molecule has 2 aliphatic heterocycles. The highest BCUT2D eigenvalue weighted by Gasteiger charge is 2.56. The number of benzene rings is 1. The fourth-order valence-corrected chi connectivity index (χ4v) is 3.34. The Balaban J connectivity index is 1.64. The molecule has 0 aliphatic carbocycles. The summed E-state index contributed by atoms with van der Waals surface area (Å²) >= 11 is 0. The third-order valence-corrected chi connectivity index (χ3v) is 4.46. The van der Waals surface area contributed by atoms with Gasteiger partial charge in [0.2, 0.25) is 12.0 Å². The summed E-state index contributed by atoms with van der Waals surface area (Å²) < 4.78 is 6.59. The maximum Gasteiger partial charge on any atom is 0.308 e. The Morgan fingerprint density at radius 1 is 1.19 bits per heavy atom. The van der Waals surface area contributed by atoms with Gasteiger partial charge in [0.15, 0.2) is 0 Å². The van der Waals surface area contributed by atoms with Crippen LogP contribution in [0, 0.1) is 12.8 Å². The number of hydrogen-bond acceptors (Lipinski definition) is 7. The number of oxime groups is 1. The number of aromatic nitrogens is 2. The molecule has 0 bridgehead atoms. The summed E-state index contributed by atoms with van der Waals surface area (Å²) in [5, 5.41) is 8.23. The molecule has 27 heavy (non-hydrogen) atoms. The number of nitrogens with zero attached hydrogens (tertiary/aromatic N) is 4. The van der Waals surface area contributed by atoms with Crippen LogP contribution in [0.25, 0.3) is 0 Å². The molecule has 1 aromatic carbocycles. The van der Waals surface area contributed by atoms with Crippen molar-refractivity contribution >= 4 is 29.2 Å². The maximum atomic E-state index is 13.0. The summed E-state index contributed by atoms with van der Waals surface area (Å²) in [7, 11) is 1.77. The van der Waals surface area contributed by atoms with Gasteiger partial charge in [0, 0.05) is 25.7 Å². The summed E-state index contributed by atoms with van der Waals surface area (Å²) in [6.45, 7) is 3.10. The van der Waals surface area contributed by atoms with Crippen LogP contribution in [-0.2, 0) is 26.3 Å². The van der Waals surface area contributed by atoms with E-state index in [4.69, 9.17) is 9.57 Å². The van der Waals surface area contributed by atoms with Gasteiger partial charge in [0.1, 0.15) is 17.4 Å². The maximum absolute atomic E-state index is 13.0. The second-order valence-corrected chi connectivity index (χ2v) is 6.38. The zero-order valence-corrected chi connectivity index (χ0v) is 14.9. The van der Waals surface area contributed by atoms with E-state index in [9.17, 15) is 14.4 Å². The second kappa shape index (κ2) is 6.04. The topological polar surface area (TPSA) is 103 Å². The van der Waals surface area contributed by atoms with E-state index in [1.54, 1.807) is 37.0 Å². The molecule has 138 valence electrons. The second-order valence-electron chi connectivity index (χ2n) is 6.38. The van der Waals surface area contributed by atoms with E-state index < -0.39 is 29.8 Å². The quantitative estimate of drug-likeness (QED) is 0.454. The molecule has 2 atom stereocenters. The zero-order chi connectivity index (χ0) is 19.3. The molecule has 9 heteroatoms. The Morgan fingerprint density at radius 2 is 1.89 bits per heavy atom. The predicted molar refractivity (Wildman–Crippen MR) is 93.1 cm³/mol. The van der Waals surface area contributed by atoms with Crippen LogP contribution >= 0.6 is 0 Å². The molecule has 0 spiro atoms. The molecule has 2 aromatic rings. The van der Waals surface area contributed by atoms with E-state index in [0.29, 0.717) is 28.4 Å². The molecular formula is C18H16N4O5. The first kappa shape index (κ1) is 17.0. The SMILES string of the molecule is CC(=O)Oc1ccc(N2C(=O)[C@H]3C(c4cn(C)nc4C)=NO[C@@H]3C2=O)cc1. The fraction of sp³-hybridized carbons (Fsp3) is 0.278. The van der Waals surface area contributed by atoms with Gasteiger partial charge in [-0.3, -0.25) is 19.1 Å². The van der Waals surface area contributed by atoms with E-state index in [1.807, 2.05) is 0 Å². The van der Waals surface area contributed by atoms with Crippen molar-refractivity contribution in [2.45, 2.75) is 20.0 Å². The smallest absolute Gasteiger partial charge is 0.308 e. The van der Waals surface area contributed by atoms with Crippen LogP contribution in [0.4, 0.5) is 5.69 Å². The van der Waals surface area contributed by atoms with E-state index in [2.05, 4.69) is 10.3 Å². The van der Waals surface area contributed by atoms with Crippen molar-refractivity contribution in [3.8, 4) is 5.75 Å². The molecule has 1 saturated heterocycles. The Labute approximate surface area is 154 Å². The first-order valence-electron chi connectivity index (χ1n) is 8.27. The summed E-state index contributed by atoms with van der Waals surface area (Å²) in [4.78, 5) is 43.1. The zero-order valence-electron chi connectivity index (χ0n) is 14.9. The normalized spacial score (nSPS) is 21.1. The lowest BCUT2D eigenvalue weighted by Crippen LogP contribution is -2.33. The molecule has 2 amide bonds. The highest BCUT2D eigenvalue weighted by Crippen LogP contribution is 2.36. The Kier molecular flexibility index (Phi) is 3.79. The summed E-state index contributed by atoms with van der Waals surface area (Å²) in [6, 6.07) is 6.13. The Morgan fingerprint density at radius 3 is 2.48 bits per heavy atom. The number of amides is 2. The van der Waals surface area contributed by atoms with Gasteiger partial charge < -0.3 is 9.57 Å². The lowest BCUT2D eigenvalue weighted by molar-refractivity contribution is -0.132. The third-order valence-electron chi connectivity index (χ3n) is 4.46. The Hall–Kier alpha value is -3.49. The van der Waals surface area contributed by atoms with Crippen molar-refractivity contribution in [1.29, 1.82) is 0 Å². The van der Waals surface area contributed by atoms with Gasteiger partial charge in [0.05, 0.1) is 11.4 Å². The van der Waals surface area contributed by atoms with Crippen LogP contribution in [0.1, 0.15) is 18.2 Å². The lowest BCUT2D eigenvalue weighted by Gasteiger charge is -2.15. The van der Waals surface area contributed by atoms with Crippen molar-refractivity contribution in [2.75, 3.05) is 4.90 Å². The number of aryl methyl sites for hydroxylation is 2. The van der Waals surface area contributed by atoms with E-state index in [-0.39, 0.29) is 0 Å². The molecule has 0 unspecified atom stereocenters. The number of anilines is 1. The van der Waals surface area contributed by atoms with Gasteiger partial charge in [-0.05, 0) is 31.2 Å². The molecular weight excluding hydrogens is 352 g/mol. The van der Waals surface area contributed by atoms with Crippen LogP contribution in [-0.4, -0.2) is 39.4 Å². The minimum Gasteiger partial charge on any atom is -0.427 e. The minimum absolute atomic E-state index is 0.329. The summed E-state index contributed by atoms with van der Waals surface area (Å²) in [6.07, 6.45) is 0.758. The van der Waals surface area contributed by atoms with Crippen molar-refractivity contribution in [1.82, 2.24) is 9.78 Å². The standard InChI is InChI=1S/C18H16N4O5/c1-9-13(8-21(3)19-9)15-14-16(27-20-15)18(25)22(17(14)24)11-4-6-12(7-5-11)26-10(2)23/h4-8,14,16H,1-3H3/t14-,16-/m0/s1. The van der Waals surface area contributed by atoms with Gasteiger partial charge in [-0.25, -0.2) is 4.90 Å². The van der Waals surface area contributed by atoms with Gasteiger partial charge >= 0.3 is 5.97 Å². The number of ether oxygens (including phenoxy) is 1. The number of esters is 1. The van der Waals surface area contributed by atoms with Crippen molar-refractivity contribution in [3.63, 3.8) is 0 Å². The van der Waals surface area contributed by atoms with Crippen LogP contribution in [0.5, 0.6) is 5.75 Å². The highest BCUT2D eigenvalue weighted by atomic mass is 16.6. The van der Waals surface area contributed by atoms with Crippen LogP contribution in [0.2, 0.25) is 0 Å². The molecule has 0 radical (unpaired) electrons. The molecule has 1 fully saturated rings. The van der Waals surface area contributed by atoms with Crippen LogP contribution < -0.4 is 9.64 Å². The average molecular weight is 368 g/mol. The first-order valence-corrected chi connectivity index (χ1v) is 8.27. The molecule has 9 nitrogen and oxygen atoms in total. The van der Waals surface area contributed by atoms with E-state index >= 15 is 0 Å². The summed E-state index contributed by atoms with van der Waals surface area (Å²) in [5.41, 5.74) is 2.16. The van der Waals surface area contributed by atoms with Gasteiger partial charge in [-0.1, -0.05) is 5.16 Å². The third kappa shape index (κ3) is 2.67. The first-order chi connectivity index (χ1) is 12.9. The van der Waals surface area contributed by atoms with E-state index in [1.165, 1.54) is 19.1 Å². The molecule has 0 N–H and O–H groups in total. The van der Waals surface area contributed by atoms with Crippen molar-refractivity contribution < 1.29 is 24.0 Å².